The van der Waals surface area contributed by atoms with Crippen LogP contribution in [0.5, 0.6) is 0 Å². The van der Waals surface area contributed by atoms with E-state index in [1.54, 1.807) is 14.0 Å². The fourth-order valence-corrected chi connectivity index (χ4v) is 2.28. The van der Waals surface area contributed by atoms with Crippen LogP contribution in [0, 0.1) is 5.92 Å². The molecule has 1 amide bonds. The second kappa shape index (κ2) is 7.48. The van der Waals surface area contributed by atoms with E-state index in [-0.39, 0.29) is 23.7 Å². The fourth-order valence-electron chi connectivity index (χ4n) is 2.28. The minimum atomic E-state index is -0.130. The van der Waals surface area contributed by atoms with E-state index >= 15 is 0 Å². The summed E-state index contributed by atoms with van der Waals surface area (Å²) in [6.07, 6.45) is 1.73. The van der Waals surface area contributed by atoms with Gasteiger partial charge in [-0.25, -0.2) is 0 Å². The lowest BCUT2D eigenvalue weighted by Crippen LogP contribution is -2.49. The Labute approximate surface area is 109 Å². The van der Waals surface area contributed by atoms with E-state index in [0.29, 0.717) is 13.2 Å². The Hall–Kier alpha value is -0.940. The van der Waals surface area contributed by atoms with Gasteiger partial charge in [0.1, 0.15) is 5.78 Å². The minimum absolute atomic E-state index is 0.0355. The predicted molar refractivity (Wildman–Crippen MR) is 69.3 cm³/mol. The highest BCUT2D eigenvalue weighted by atomic mass is 16.5. The number of Topliss-reactive ketones (excluding diaryl/α,β-unsaturated/α-hetero) is 1. The number of hydrogen-bond donors (Lipinski definition) is 1. The normalized spacial score (nSPS) is 19.5. The lowest BCUT2D eigenvalue weighted by molar-refractivity contribution is -0.127. The van der Waals surface area contributed by atoms with Crippen molar-refractivity contribution in [2.75, 3.05) is 33.4 Å². The average molecular weight is 256 g/mol. The molecule has 1 aliphatic heterocycles. The summed E-state index contributed by atoms with van der Waals surface area (Å²) >= 11 is 0. The number of amides is 1. The van der Waals surface area contributed by atoms with Crippen molar-refractivity contribution in [3.8, 4) is 0 Å². The van der Waals surface area contributed by atoms with E-state index in [1.165, 1.54) is 0 Å². The van der Waals surface area contributed by atoms with Crippen molar-refractivity contribution >= 4 is 11.7 Å². The van der Waals surface area contributed by atoms with Gasteiger partial charge < -0.3 is 10.1 Å². The summed E-state index contributed by atoms with van der Waals surface area (Å²) in [4.78, 5) is 25.3. The summed E-state index contributed by atoms with van der Waals surface area (Å²) < 4.78 is 4.89. The van der Waals surface area contributed by atoms with Crippen molar-refractivity contribution in [2.45, 2.75) is 32.7 Å². The number of ether oxygens (including phenoxy) is 1. The molecule has 1 rings (SSSR count). The van der Waals surface area contributed by atoms with Gasteiger partial charge in [-0.3, -0.25) is 14.5 Å². The van der Waals surface area contributed by atoms with E-state index in [9.17, 15) is 9.59 Å². The van der Waals surface area contributed by atoms with Crippen molar-refractivity contribution in [3.63, 3.8) is 0 Å². The molecule has 18 heavy (non-hydrogen) atoms. The van der Waals surface area contributed by atoms with E-state index in [1.807, 2.05) is 6.92 Å². The zero-order chi connectivity index (χ0) is 13.5. The zero-order valence-electron chi connectivity index (χ0n) is 11.6. The first-order chi connectivity index (χ1) is 8.56. The third kappa shape index (κ3) is 4.38. The summed E-state index contributed by atoms with van der Waals surface area (Å²) in [5.74, 6) is 0.491. The second-order valence-corrected chi connectivity index (χ2v) is 4.88. The highest BCUT2D eigenvalue weighted by Crippen LogP contribution is 2.19. The first kappa shape index (κ1) is 15.1. The van der Waals surface area contributed by atoms with Crippen molar-refractivity contribution in [1.29, 1.82) is 0 Å². The molecule has 1 saturated heterocycles. The molecule has 0 aromatic rings. The molecule has 0 radical (unpaired) electrons. The third-order valence-electron chi connectivity index (χ3n) is 3.64. The number of ketones is 1. The van der Waals surface area contributed by atoms with Gasteiger partial charge in [0.25, 0.3) is 0 Å². The van der Waals surface area contributed by atoms with Crippen molar-refractivity contribution in [3.05, 3.63) is 0 Å². The number of carbonyl (C=O) groups is 2. The molecule has 0 saturated carbocycles. The van der Waals surface area contributed by atoms with Crippen LogP contribution >= 0.6 is 0 Å². The van der Waals surface area contributed by atoms with Crippen LogP contribution in [-0.2, 0) is 14.3 Å². The largest absolute Gasteiger partial charge is 0.383 e. The number of rotatable bonds is 6. The number of nitrogens with one attached hydrogen (secondary N) is 1. The molecule has 1 fully saturated rings. The first-order valence-electron chi connectivity index (χ1n) is 6.57. The second-order valence-electron chi connectivity index (χ2n) is 4.88. The molecule has 0 spiro atoms. The Morgan fingerprint density at radius 1 is 1.39 bits per heavy atom. The summed E-state index contributed by atoms with van der Waals surface area (Å²) in [5.41, 5.74) is 0. The minimum Gasteiger partial charge on any atom is -0.383 e. The Bertz CT molecular complexity index is 286. The molecule has 1 aliphatic rings. The van der Waals surface area contributed by atoms with Gasteiger partial charge in [-0.1, -0.05) is 0 Å². The smallest absolute Gasteiger partial charge is 0.237 e. The van der Waals surface area contributed by atoms with Crippen LogP contribution in [0.4, 0.5) is 0 Å². The van der Waals surface area contributed by atoms with E-state index in [4.69, 9.17) is 4.74 Å². The molecule has 0 bridgehead atoms. The molecule has 1 N–H and O–H groups in total. The topological polar surface area (TPSA) is 58.6 Å². The van der Waals surface area contributed by atoms with Crippen molar-refractivity contribution in [2.24, 2.45) is 5.92 Å². The Morgan fingerprint density at radius 2 is 2.00 bits per heavy atom. The number of hydrogen-bond acceptors (Lipinski definition) is 4. The van der Waals surface area contributed by atoms with Crippen LogP contribution in [0.15, 0.2) is 0 Å². The molecule has 0 aromatic heterocycles. The van der Waals surface area contributed by atoms with Gasteiger partial charge >= 0.3 is 0 Å². The lowest BCUT2D eigenvalue weighted by atomic mass is 9.92. The summed E-state index contributed by atoms with van der Waals surface area (Å²) in [7, 11) is 1.61. The van der Waals surface area contributed by atoms with Crippen LogP contribution < -0.4 is 5.32 Å². The van der Waals surface area contributed by atoms with E-state index in [0.717, 1.165) is 25.9 Å². The number of carbonyl (C=O) groups excluding carboxylic acids is 2. The summed E-state index contributed by atoms with van der Waals surface area (Å²) in [5, 5.41) is 2.84. The first-order valence-corrected chi connectivity index (χ1v) is 6.57. The van der Waals surface area contributed by atoms with Crippen LogP contribution in [0.1, 0.15) is 26.7 Å². The molecule has 1 unspecified atom stereocenters. The molecule has 5 nitrogen and oxygen atoms in total. The monoisotopic (exact) mass is 256 g/mol. The maximum atomic E-state index is 11.9. The zero-order valence-corrected chi connectivity index (χ0v) is 11.6. The summed E-state index contributed by atoms with van der Waals surface area (Å²) in [6.45, 7) is 6.29. The van der Waals surface area contributed by atoms with Gasteiger partial charge in [0.05, 0.1) is 12.6 Å². The van der Waals surface area contributed by atoms with Gasteiger partial charge in [-0.15, -0.1) is 0 Å². The maximum absolute atomic E-state index is 11.9. The van der Waals surface area contributed by atoms with Crippen LogP contribution in [0.25, 0.3) is 0 Å². The number of likely N-dealkylation sites (tertiary alicyclic amines) is 1. The fraction of sp³-hybridized carbons (Fsp3) is 0.846. The van der Waals surface area contributed by atoms with Gasteiger partial charge in [0.2, 0.25) is 5.91 Å². The van der Waals surface area contributed by atoms with Gasteiger partial charge in [-0.05, 0) is 39.8 Å². The molecule has 0 aromatic carbocycles. The van der Waals surface area contributed by atoms with Crippen LogP contribution in [0.2, 0.25) is 0 Å². The molecular formula is C13H24N2O3. The quantitative estimate of drug-likeness (QED) is 0.701. The van der Waals surface area contributed by atoms with Gasteiger partial charge in [-0.2, -0.15) is 0 Å². The van der Waals surface area contributed by atoms with Crippen LogP contribution in [0.3, 0.4) is 0 Å². The van der Waals surface area contributed by atoms with Crippen LogP contribution in [-0.4, -0.2) is 56.0 Å². The van der Waals surface area contributed by atoms with Crippen molar-refractivity contribution in [1.82, 2.24) is 10.2 Å². The SMILES string of the molecule is COCCNC(=O)C(C)N1CCC(C(C)=O)CC1. The standard InChI is InChI=1S/C13H24N2O3/c1-10(13(17)14-6-9-18-3)15-7-4-12(5-8-15)11(2)16/h10,12H,4-9H2,1-3H3,(H,14,17). The third-order valence-corrected chi connectivity index (χ3v) is 3.64. The van der Waals surface area contributed by atoms with Gasteiger partial charge in [0.15, 0.2) is 0 Å². The maximum Gasteiger partial charge on any atom is 0.237 e. The van der Waals surface area contributed by atoms with Gasteiger partial charge in [0, 0.05) is 19.6 Å². The Balaban J connectivity index is 2.32. The molecular weight excluding hydrogens is 232 g/mol. The Kier molecular flexibility index (Phi) is 6.29. The summed E-state index contributed by atoms with van der Waals surface area (Å²) in [6, 6.07) is -0.130. The predicted octanol–water partition coefficient (Wildman–Crippen LogP) is 0.438. The molecule has 104 valence electrons. The van der Waals surface area contributed by atoms with E-state index < -0.39 is 0 Å². The molecule has 1 heterocycles. The molecule has 1 atom stereocenters. The molecule has 0 aliphatic carbocycles. The number of methoxy groups -OCH3 is 1. The number of piperidine rings is 1. The average Bonchev–Trinajstić information content (AvgIpc) is 2.38. The highest BCUT2D eigenvalue weighted by Gasteiger charge is 2.27. The van der Waals surface area contributed by atoms with E-state index in [2.05, 4.69) is 10.2 Å². The van der Waals surface area contributed by atoms with Crippen molar-refractivity contribution < 1.29 is 14.3 Å². The Morgan fingerprint density at radius 3 is 2.50 bits per heavy atom. The highest BCUT2D eigenvalue weighted by molar-refractivity contribution is 5.81. The lowest BCUT2D eigenvalue weighted by Gasteiger charge is -2.34. The molecule has 5 heteroatoms. The number of nitrogens with zero attached hydrogens (tertiary/aromatic N) is 1.